The third kappa shape index (κ3) is 11.0. The third-order valence-electron chi connectivity index (χ3n) is 2.96. The van der Waals surface area contributed by atoms with E-state index in [-0.39, 0.29) is 6.10 Å². The van der Waals surface area contributed by atoms with Crippen molar-refractivity contribution in [2.24, 2.45) is 5.92 Å². The lowest BCUT2D eigenvalue weighted by molar-refractivity contribution is -0.0101. The van der Waals surface area contributed by atoms with Crippen molar-refractivity contribution in [3.05, 3.63) is 0 Å². The highest BCUT2D eigenvalue weighted by atomic mass is 16.5. The Morgan fingerprint density at radius 3 is 2.28 bits per heavy atom. The van der Waals surface area contributed by atoms with Crippen LogP contribution >= 0.6 is 0 Å². The predicted molar refractivity (Wildman–Crippen MR) is 74.9 cm³/mol. The maximum atomic E-state index is 9.69. The maximum absolute atomic E-state index is 9.69. The molecule has 0 aliphatic heterocycles. The zero-order valence-electron chi connectivity index (χ0n) is 12.4. The second-order valence-electron chi connectivity index (χ2n) is 4.99. The van der Waals surface area contributed by atoms with Gasteiger partial charge in [-0.05, 0) is 26.3 Å². The Kier molecular flexibility index (Phi) is 11.8. The molecule has 0 rings (SSSR count). The van der Waals surface area contributed by atoms with Gasteiger partial charge in [0.2, 0.25) is 0 Å². The quantitative estimate of drug-likeness (QED) is 0.526. The zero-order valence-corrected chi connectivity index (χ0v) is 12.4. The number of nitrogens with one attached hydrogen (secondary N) is 1. The minimum Gasteiger partial charge on any atom is -0.389 e. The van der Waals surface area contributed by atoms with E-state index < -0.39 is 6.10 Å². The largest absolute Gasteiger partial charge is 0.389 e. The molecule has 110 valence electrons. The molecule has 0 bridgehead atoms. The molecule has 1 atom stereocenters. The van der Waals surface area contributed by atoms with Gasteiger partial charge in [0, 0.05) is 6.54 Å². The number of hydrogen-bond acceptors (Lipinski definition) is 4. The molecule has 0 fully saturated rings. The van der Waals surface area contributed by atoms with Gasteiger partial charge in [-0.15, -0.1) is 0 Å². The fourth-order valence-electron chi connectivity index (χ4n) is 1.65. The van der Waals surface area contributed by atoms with Crippen molar-refractivity contribution in [1.82, 2.24) is 5.32 Å². The highest BCUT2D eigenvalue weighted by Gasteiger charge is 2.06. The van der Waals surface area contributed by atoms with Gasteiger partial charge in [0.15, 0.2) is 0 Å². The Hall–Kier alpha value is -0.160. The van der Waals surface area contributed by atoms with Gasteiger partial charge >= 0.3 is 0 Å². The van der Waals surface area contributed by atoms with E-state index in [0.29, 0.717) is 32.3 Å². The third-order valence-corrected chi connectivity index (χ3v) is 2.96. The summed E-state index contributed by atoms with van der Waals surface area (Å²) >= 11 is 0. The summed E-state index contributed by atoms with van der Waals surface area (Å²) in [6, 6.07) is 0. The first kappa shape index (κ1) is 17.8. The van der Waals surface area contributed by atoms with Crippen molar-refractivity contribution in [1.29, 1.82) is 0 Å². The monoisotopic (exact) mass is 261 g/mol. The molecule has 0 heterocycles. The van der Waals surface area contributed by atoms with Gasteiger partial charge in [-0.1, -0.05) is 26.7 Å². The summed E-state index contributed by atoms with van der Waals surface area (Å²) in [7, 11) is 0. The first-order valence-electron chi connectivity index (χ1n) is 7.18. The Morgan fingerprint density at radius 1 is 1.06 bits per heavy atom. The number of rotatable bonds is 12. The van der Waals surface area contributed by atoms with E-state index >= 15 is 0 Å². The lowest BCUT2D eigenvalue weighted by atomic mass is 10.0. The van der Waals surface area contributed by atoms with Crippen molar-refractivity contribution in [3.63, 3.8) is 0 Å². The zero-order chi connectivity index (χ0) is 13.8. The van der Waals surface area contributed by atoms with E-state index in [1.54, 1.807) is 0 Å². The molecule has 0 aromatic heterocycles. The van der Waals surface area contributed by atoms with E-state index in [2.05, 4.69) is 19.2 Å². The molecule has 0 aliphatic carbocycles. The van der Waals surface area contributed by atoms with Crippen LogP contribution in [-0.4, -0.2) is 50.2 Å². The van der Waals surface area contributed by atoms with Crippen LogP contribution < -0.4 is 5.32 Å². The predicted octanol–water partition coefficient (Wildman–Crippen LogP) is 1.81. The lowest BCUT2D eigenvalue weighted by Crippen LogP contribution is -2.33. The van der Waals surface area contributed by atoms with Crippen molar-refractivity contribution in [2.75, 3.05) is 32.9 Å². The molecule has 0 aliphatic rings. The normalized spacial score (nSPS) is 13.5. The Morgan fingerprint density at radius 2 is 1.72 bits per heavy atom. The van der Waals surface area contributed by atoms with Crippen LogP contribution in [0.25, 0.3) is 0 Å². The van der Waals surface area contributed by atoms with E-state index in [0.717, 1.165) is 6.54 Å². The van der Waals surface area contributed by atoms with Crippen molar-refractivity contribution >= 4 is 0 Å². The molecule has 4 nitrogen and oxygen atoms in total. The number of aliphatic hydroxyl groups excluding tert-OH is 1. The molecule has 0 saturated carbocycles. The van der Waals surface area contributed by atoms with Gasteiger partial charge in [0.1, 0.15) is 0 Å². The van der Waals surface area contributed by atoms with Crippen LogP contribution in [0.4, 0.5) is 0 Å². The van der Waals surface area contributed by atoms with Crippen LogP contribution in [0.5, 0.6) is 0 Å². The maximum Gasteiger partial charge on any atom is 0.0897 e. The minimum absolute atomic E-state index is 0.236. The average molecular weight is 261 g/mol. The first-order valence-corrected chi connectivity index (χ1v) is 7.18. The first-order chi connectivity index (χ1) is 8.60. The smallest absolute Gasteiger partial charge is 0.0897 e. The summed E-state index contributed by atoms with van der Waals surface area (Å²) in [5, 5.41) is 13.0. The molecule has 18 heavy (non-hydrogen) atoms. The van der Waals surface area contributed by atoms with Crippen LogP contribution in [-0.2, 0) is 9.47 Å². The van der Waals surface area contributed by atoms with Crippen LogP contribution in [0.1, 0.15) is 40.5 Å². The van der Waals surface area contributed by atoms with E-state index in [1.165, 1.54) is 12.8 Å². The summed E-state index contributed by atoms with van der Waals surface area (Å²) in [6.45, 7) is 11.5. The highest BCUT2D eigenvalue weighted by molar-refractivity contribution is 4.62. The topological polar surface area (TPSA) is 50.7 Å². The molecular formula is C14H31NO3. The van der Waals surface area contributed by atoms with Gasteiger partial charge in [0.05, 0.1) is 32.0 Å². The van der Waals surface area contributed by atoms with Gasteiger partial charge in [-0.2, -0.15) is 0 Å². The van der Waals surface area contributed by atoms with Crippen molar-refractivity contribution in [2.45, 2.75) is 52.7 Å². The van der Waals surface area contributed by atoms with Gasteiger partial charge in [-0.25, -0.2) is 0 Å². The SMILES string of the molecule is CCC(CC)CNCC(O)COCCOC(C)C. The number of hydrogen-bond donors (Lipinski definition) is 2. The molecule has 1 unspecified atom stereocenters. The summed E-state index contributed by atoms with van der Waals surface area (Å²) in [4.78, 5) is 0. The Balaban J connectivity index is 3.34. The minimum atomic E-state index is -0.432. The van der Waals surface area contributed by atoms with Crippen LogP contribution in [0.15, 0.2) is 0 Å². The number of aliphatic hydroxyl groups is 1. The van der Waals surface area contributed by atoms with Crippen LogP contribution in [0, 0.1) is 5.92 Å². The summed E-state index contributed by atoms with van der Waals surface area (Å²) in [6.07, 6.45) is 2.17. The Labute approximate surface area is 112 Å². The fourth-order valence-corrected chi connectivity index (χ4v) is 1.65. The van der Waals surface area contributed by atoms with E-state index in [1.807, 2.05) is 13.8 Å². The Bertz CT molecular complexity index is 172. The van der Waals surface area contributed by atoms with E-state index in [4.69, 9.17) is 9.47 Å². The molecule has 0 aromatic carbocycles. The molecular weight excluding hydrogens is 230 g/mol. The highest BCUT2D eigenvalue weighted by Crippen LogP contribution is 2.04. The second-order valence-corrected chi connectivity index (χ2v) is 4.99. The van der Waals surface area contributed by atoms with Gasteiger partial charge in [-0.3, -0.25) is 0 Å². The molecule has 0 spiro atoms. The van der Waals surface area contributed by atoms with Crippen LogP contribution in [0.3, 0.4) is 0 Å². The van der Waals surface area contributed by atoms with Crippen molar-refractivity contribution < 1.29 is 14.6 Å². The molecule has 0 amide bonds. The fraction of sp³-hybridized carbons (Fsp3) is 1.00. The number of ether oxygens (including phenoxy) is 2. The summed E-state index contributed by atoms with van der Waals surface area (Å²) < 4.78 is 10.7. The molecule has 0 aromatic rings. The molecule has 2 N–H and O–H groups in total. The van der Waals surface area contributed by atoms with Crippen molar-refractivity contribution in [3.8, 4) is 0 Å². The molecule has 0 radical (unpaired) electrons. The van der Waals surface area contributed by atoms with Gasteiger partial charge in [0.25, 0.3) is 0 Å². The summed E-state index contributed by atoms with van der Waals surface area (Å²) in [5.74, 6) is 0.706. The standard InChI is InChI=1S/C14H31NO3/c1-5-13(6-2)9-15-10-14(16)11-17-7-8-18-12(3)4/h12-16H,5-11H2,1-4H3. The second kappa shape index (κ2) is 11.9. The van der Waals surface area contributed by atoms with Crippen LogP contribution in [0.2, 0.25) is 0 Å². The lowest BCUT2D eigenvalue weighted by Gasteiger charge is -2.16. The average Bonchev–Trinajstić information content (AvgIpc) is 2.34. The van der Waals surface area contributed by atoms with Gasteiger partial charge < -0.3 is 19.9 Å². The molecule has 4 heteroatoms. The summed E-state index contributed by atoms with van der Waals surface area (Å²) in [5.41, 5.74) is 0. The molecule has 0 saturated heterocycles. The van der Waals surface area contributed by atoms with E-state index in [9.17, 15) is 5.11 Å².